The highest BCUT2D eigenvalue weighted by molar-refractivity contribution is 6.90. The molecule has 14 rings (SSSR count). The van der Waals surface area contributed by atoms with E-state index in [1.807, 2.05) is 0 Å². The van der Waals surface area contributed by atoms with Crippen LogP contribution in [0.25, 0.3) is 87.9 Å². The van der Waals surface area contributed by atoms with Crippen molar-refractivity contribution in [2.45, 2.75) is 19.3 Å². The summed E-state index contributed by atoms with van der Waals surface area (Å²) in [5.41, 5.74) is 20.7. The van der Waals surface area contributed by atoms with Gasteiger partial charge in [0.2, 0.25) is 0 Å². The molecule has 0 bridgehead atoms. The molecule has 274 valence electrons. The highest BCUT2D eigenvalue weighted by atomic mass is 16.3. The van der Waals surface area contributed by atoms with Crippen molar-refractivity contribution >= 4 is 89.4 Å². The average molecular weight is 751 g/mol. The molecule has 0 amide bonds. The van der Waals surface area contributed by atoms with Crippen molar-refractivity contribution < 1.29 is 4.42 Å². The zero-order valence-electron chi connectivity index (χ0n) is 32.6. The highest BCUT2D eigenvalue weighted by Crippen LogP contribution is 2.57. The maximum atomic E-state index is 6.90. The lowest BCUT2D eigenvalue weighted by molar-refractivity contribution is 0.662. The summed E-state index contributed by atoms with van der Waals surface area (Å²) in [6.07, 6.45) is 0. The van der Waals surface area contributed by atoms with Gasteiger partial charge in [-0.15, -0.1) is 0 Å². The summed E-state index contributed by atoms with van der Waals surface area (Å²) in [6, 6.07) is 65.4. The third kappa shape index (κ3) is 3.94. The summed E-state index contributed by atoms with van der Waals surface area (Å²) in [4.78, 5) is 2.54. The molecule has 4 heterocycles. The monoisotopic (exact) mass is 750 g/mol. The molecular weight excluding hydrogens is 715 g/mol. The lowest BCUT2D eigenvalue weighted by Gasteiger charge is -2.42. The van der Waals surface area contributed by atoms with Gasteiger partial charge in [-0.2, -0.15) is 0 Å². The van der Waals surface area contributed by atoms with Crippen LogP contribution in [0.1, 0.15) is 25.0 Å². The second-order valence-corrected chi connectivity index (χ2v) is 17.2. The van der Waals surface area contributed by atoms with Gasteiger partial charge >= 0.3 is 6.85 Å². The lowest BCUT2D eigenvalue weighted by atomic mass is 9.44. The number of aromatic nitrogens is 1. The Labute approximate surface area is 341 Å². The summed E-state index contributed by atoms with van der Waals surface area (Å²) in [7, 11) is 0. The van der Waals surface area contributed by atoms with Gasteiger partial charge < -0.3 is 13.8 Å². The van der Waals surface area contributed by atoms with Crippen LogP contribution in [0.4, 0.5) is 17.1 Å². The van der Waals surface area contributed by atoms with Crippen LogP contribution < -0.4 is 15.8 Å². The second kappa shape index (κ2) is 11.0. The Kier molecular flexibility index (Phi) is 5.92. The standard InChI is InChI=1S/C55H35BN2O/c1-55(2)43-23-10-8-18-36(43)42-31-48-52-50(51(42)55)40-22-12-20-38-41-28-33-16-6-7-17-34(33)29-46(41)58(53(38)40)56(52)44-27-26-35(32-14-4-3-5-15-32)30-47(44)57(48)45-24-13-21-39-37-19-9-11-25-49(37)59-54(39)45/h3-31H,1-2H3. The topological polar surface area (TPSA) is 21.3 Å². The van der Waals surface area contributed by atoms with Crippen LogP contribution in [0, 0.1) is 0 Å². The Morgan fingerprint density at radius 3 is 2.14 bits per heavy atom. The van der Waals surface area contributed by atoms with E-state index in [-0.39, 0.29) is 12.3 Å². The maximum Gasteiger partial charge on any atom is 0.333 e. The quantitative estimate of drug-likeness (QED) is 0.164. The van der Waals surface area contributed by atoms with Crippen LogP contribution in [0.5, 0.6) is 0 Å². The molecule has 0 unspecified atom stereocenters. The molecule has 0 saturated heterocycles. The molecule has 9 aromatic carbocycles. The van der Waals surface area contributed by atoms with Crippen molar-refractivity contribution in [1.29, 1.82) is 0 Å². The van der Waals surface area contributed by atoms with Gasteiger partial charge in [-0.25, -0.2) is 0 Å². The van der Waals surface area contributed by atoms with E-state index in [2.05, 4.69) is 199 Å². The Morgan fingerprint density at radius 2 is 1.24 bits per heavy atom. The minimum Gasteiger partial charge on any atom is -0.454 e. The number of hydrogen-bond acceptors (Lipinski definition) is 2. The minimum atomic E-state index is -0.215. The first kappa shape index (κ1) is 31.8. The van der Waals surface area contributed by atoms with E-state index in [0.717, 1.165) is 27.6 Å². The van der Waals surface area contributed by atoms with Gasteiger partial charge in [0.25, 0.3) is 0 Å². The third-order valence-corrected chi connectivity index (χ3v) is 13.9. The fraction of sp³-hybridized carbons (Fsp3) is 0.0545. The van der Waals surface area contributed by atoms with Crippen molar-refractivity contribution in [2.24, 2.45) is 0 Å². The van der Waals surface area contributed by atoms with E-state index < -0.39 is 0 Å². The molecule has 4 heteroatoms. The molecule has 3 nitrogen and oxygen atoms in total. The van der Waals surface area contributed by atoms with Crippen molar-refractivity contribution in [3.63, 3.8) is 0 Å². The number of rotatable bonds is 2. The number of para-hydroxylation sites is 3. The van der Waals surface area contributed by atoms with Gasteiger partial charge in [0, 0.05) is 54.9 Å². The first-order valence-electron chi connectivity index (χ1n) is 20.7. The largest absolute Gasteiger partial charge is 0.454 e. The SMILES string of the molecule is CC1(C)c2ccccc2-c2cc3c4c(c21)-c1cccc2c5cc6ccccc6cc5n(c12)B4c1ccc(-c2ccccc2)cc1N3c1cccc2c1oc1ccccc12. The summed E-state index contributed by atoms with van der Waals surface area (Å²) >= 11 is 0. The number of anilines is 3. The first-order chi connectivity index (χ1) is 29.0. The van der Waals surface area contributed by atoms with Gasteiger partial charge in [-0.3, -0.25) is 0 Å². The molecule has 2 aliphatic heterocycles. The molecule has 2 aromatic heterocycles. The average Bonchev–Trinajstić information content (AvgIpc) is 3.90. The first-order valence-corrected chi connectivity index (χ1v) is 20.7. The fourth-order valence-electron chi connectivity index (χ4n) is 11.4. The van der Waals surface area contributed by atoms with Gasteiger partial charge in [0.1, 0.15) is 5.58 Å². The number of nitrogens with zero attached hydrogens (tertiary/aromatic N) is 2. The number of fused-ring (bicyclic) bond motifs is 15. The van der Waals surface area contributed by atoms with E-state index in [9.17, 15) is 0 Å². The van der Waals surface area contributed by atoms with Crippen LogP contribution in [0.3, 0.4) is 0 Å². The highest BCUT2D eigenvalue weighted by Gasteiger charge is 2.48. The Balaban J connectivity index is 1.20. The third-order valence-electron chi connectivity index (χ3n) is 13.9. The van der Waals surface area contributed by atoms with Crippen molar-refractivity contribution in [1.82, 2.24) is 4.48 Å². The Morgan fingerprint density at radius 1 is 0.508 bits per heavy atom. The van der Waals surface area contributed by atoms with Gasteiger partial charge in [-0.1, -0.05) is 153 Å². The number of furan rings is 1. The van der Waals surface area contributed by atoms with E-state index in [4.69, 9.17) is 4.42 Å². The van der Waals surface area contributed by atoms with E-state index in [1.165, 1.54) is 99.4 Å². The van der Waals surface area contributed by atoms with Crippen LogP contribution >= 0.6 is 0 Å². The second-order valence-electron chi connectivity index (χ2n) is 17.2. The van der Waals surface area contributed by atoms with Crippen LogP contribution in [-0.4, -0.2) is 11.3 Å². The minimum absolute atomic E-state index is 0.0770. The smallest absolute Gasteiger partial charge is 0.333 e. The lowest BCUT2D eigenvalue weighted by Crippen LogP contribution is -2.57. The zero-order valence-corrected chi connectivity index (χ0v) is 32.6. The summed E-state index contributed by atoms with van der Waals surface area (Å²) in [5.74, 6) is 0. The van der Waals surface area contributed by atoms with E-state index in [0.29, 0.717) is 0 Å². The summed E-state index contributed by atoms with van der Waals surface area (Å²) < 4.78 is 9.60. The molecule has 11 aromatic rings. The summed E-state index contributed by atoms with van der Waals surface area (Å²) in [5, 5.41) is 7.38. The Hall–Kier alpha value is -7.30. The van der Waals surface area contributed by atoms with Crippen molar-refractivity contribution in [3.05, 3.63) is 187 Å². The van der Waals surface area contributed by atoms with Crippen LogP contribution in [0.15, 0.2) is 180 Å². The predicted octanol–water partition coefficient (Wildman–Crippen LogP) is 13.2. The molecule has 0 radical (unpaired) electrons. The van der Waals surface area contributed by atoms with Crippen molar-refractivity contribution in [3.8, 4) is 33.4 Å². The molecular formula is C55H35BN2O. The molecule has 0 fully saturated rings. The molecule has 59 heavy (non-hydrogen) atoms. The van der Waals surface area contributed by atoms with Crippen molar-refractivity contribution in [2.75, 3.05) is 4.90 Å². The normalized spacial score (nSPS) is 14.3. The number of benzene rings is 9. The summed E-state index contributed by atoms with van der Waals surface area (Å²) in [6.45, 7) is 4.79. The fourth-order valence-corrected chi connectivity index (χ4v) is 11.4. The molecule has 0 N–H and O–H groups in total. The van der Waals surface area contributed by atoms with E-state index >= 15 is 0 Å². The van der Waals surface area contributed by atoms with E-state index in [1.54, 1.807) is 0 Å². The predicted molar refractivity (Wildman–Crippen MR) is 248 cm³/mol. The Bertz CT molecular complexity index is 3670. The molecule has 3 aliphatic rings. The van der Waals surface area contributed by atoms with Crippen LogP contribution in [0.2, 0.25) is 0 Å². The zero-order chi connectivity index (χ0) is 38.7. The van der Waals surface area contributed by atoms with Gasteiger partial charge in [-0.05, 0) is 97.0 Å². The van der Waals surface area contributed by atoms with Gasteiger partial charge in [0.15, 0.2) is 5.58 Å². The number of hydrogen-bond donors (Lipinski definition) is 0. The van der Waals surface area contributed by atoms with Crippen LogP contribution in [-0.2, 0) is 5.41 Å². The maximum absolute atomic E-state index is 6.90. The van der Waals surface area contributed by atoms with Gasteiger partial charge in [0.05, 0.1) is 5.69 Å². The molecule has 0 saturated carbocycles. The molecule has 0 atom stereocenters. The molecule has 1 aliphatic carbocycles. The molecule has 0 spiro atoms.